The second kappa shape index (κ2) is 10.5. The molecule has 0 aliphatic heterocycles. The van der Waals surface area contributed by atoms with Crippen molar-refractivity contribution in [3.63, 3.8) is 0 Å². The van der Waals surface area contributed by atoms with Crippen LogP contribution in [0.15, 0.2) is 90.3 Å². The molecule has 4 aromatic rings. The predicted octanol–water partition coefficient (Wildman–Crippen LogP) is 4.96. The van der Waals surface area contributed by atoms with Gasteiger partial charge < -0.3 is 10.6 Å². The van der Waals surface area contributed by atoms with E-state index in [0.29, 0.717) is 23.5 Å². The lowest BCUT2D eigenvalue weighted by atomic mass is 10.1. The summed E-state index contributed by atoms with van der Waals surface area (Å²) in [4.78, 5) is 29.9. The van der Waals surface area contributed by atoms with Crippen LogP contribution in [-0.2, 0) is 17.6 Å². The van der Waals surface area contributed by atoms with Crippen molar-refractivity contribution >= 4 is 28.8 Å². The van der Waals surface area contributed by atoms with Crippen LogP contribution >= 0.6 is 11.3 Å². The third-order valence-corrected chi connectivity index (χ3v) is 5.84. The Kier molecular flexibility index (Phi) is 7.05. The number of nitrogens with one attached hydrogen (secondary N) is 2. The lowest BCUT2D eigenvalue weighted by Gasteiger charge is -2.11. The van der Waals surface area contributed by atoms with Crippen LogP contribution in [0.5, 0.6) is 0 Å². The first-order valence-corrected chi connectivity index (χ1v) is 11.3. The van der Waals surface area contributed by atoms with Crippen LogP contribution in [0, 0.1) is 0 Å². The van der Waals surface area contributed by atoms with Gasteiger partial charge in [0.05, 0.1) is 23.4 Å². The SMILES string of the molecule is O=C(Cc1csc(-c2ccccc2)n1)Nc1ccccc1C(=O)NCCc1ccccc1. The smallest absolute Gasteiger partial charge is 0.253 e. The quantitative estimate of drug-likeness (QED) is 0.406. The minimum atomic E-state index is -0.211. The van der Waals surface area contributed by atoms with Gasteiger partial charge in [-0.25, -0.2) is 4.98 Å². The lowest BCUT2D eigenvalue weighted by molar-refractivity contribution is -0.115. The first-order valence-electron chi connectivity index (χ1n) is 10.4. The Labute approximate surface area is 191 Å². The highest BCUT2D eigenvalue weighted by atomic mass is 32.1. The monoisotopic (exact) mass is 441 g/mol. The van der Waals surface area contributed by atoms with Crippen molar-refractivity contribution in [1.29, 1.82) is 0 Å². The van der Waals surface area contributed by atoms with Gasteiger partial charge in [0.2, 0.25) is 5.91 Å². The number of anilines is 1. The Morgan fingerprint density at radius 1 is 0.844 bits per heavy atom. The van der Waals surface area contributed by atoms with Crippen LogP contribution < -0.4 is 10.6 Å². The van der Waals surface area contributed by atoms with Crippen molar-refractivity contribution in [3.8, 4) is 10.6 Å². The molecule has 160 valence electrons. The van der Waals surface area contributed by atoms with Crippen molar-refractivity contribution in [2.24, 2.45) is 0 Å². The molecule has 2 N–H and O–H groups in total. The second-order valence-electron chi connectivity index (χ2n) is 7.27. The summed E-state index contributed by atoms with van der Waals surface area (Å²) in [7, 11) is 0. The topological polar surface area (TPSA) is 71.1 Å². The van der Waals surface area contributed by atoms with Crippen LogP contribution in [0.4, 0.5) is 5.69 Å². The van der Waals surface area contributed by atoms with E-state index in [9.17, 15) is 9.59 Å². The van der Waals surface area contributed by atoms with Gasteiger partial charge in [-0.1, -0.05) is 72.8 Å². The Morgan fingerprint density at radius 3 is 2.31 bits per heavy atom. The third-order valence-electron chi connectivity index (χ3n) is 4.90. The Balaban J connectivity index is 1.35. The van der Waals surface area contributed by atoms with Gasteiger partial charge >= 0.3 is 0 Å². The molecule has 1 aromatic heterocycles. The highest BCUT2D eigenvalue weighted by Crippen LogP contribution is 2.24. The standard InChI is InChI=1S/C26H23N3O2S/c30-24(17-21-18-32-26(28-21)20-11-5-2-6-12-20)29-23-14-8-7-13-22(23)25(31)27-16-15-19-9-3-1-4-10-19/h1-14,18H,15-17H2,(H,27,31)(H,29,30). The average molecular weight is 442 g/mol. The van der Waals surface area contributed by atoms with E-state index in [2.05, 4.69) is 15.6 Å². The number of aromatic nitrogens is 1. The van der Waals surface area contributed by atoms with E-state index in [-0.39, 0.29) is 18.2 Å². The van der Waals surface area contributed by atoms with Crippen LogP contribution in [0.2, 0.25) is 0 Å². The fraction of sp³-hybridized carbons (Fsp3) is 0.115. The summed E-state index contributed by atoms with van der Waals surface area (Å²) in [6.07, 6.45) is 0.891. The predicted molar refractivity (Wildman–Crippen MR) is 129 cm³/mol. The molecule has 0 fully saturated rings. The third kappa shape index (κ3) is 5.68. The zero-order valence-electron chi connectivity index (χ0n) is 17.5. The van der Waals surface area contributed by atoms with Gasteiger partial charge in [-0.15, -0.1) is 11.3 Å². The number of rotatable bonds is 8. The maximum absolute atomic E-state index is 12.7. The van der Waals surface area contributed by atoms with E-state index in [1.807, 2.05) is 66.0 Å². The molecule has 6 heteroatoms. The number of hydrogen-bond acceptors (Lipinski definition) is 4. The molecule has 0 saturated carbocycles. The fourth-order valence-electron chi connectivity index (χ4n) is 3.31. The average Bonchev–Trinajstić information content (AvgIpc) is 3.29. The summed E-state index contributed by atoms with van der Waals surface area (Å²) in [6, 6.07) is 26.9. The first-order chi connectivity index (χ1) is 15.7. The number of benzene rings is 3. The molecular formula is C26H23N3O2S. The minimum Gasteiger partial charge on any atom is -0.352 e. The van der Waals surface area contributed by atoms with Gasteiger partial charge in [0.15, 0.2) is 0 Å². The highest BCUT2D eigenvalue weighted by molar-refractivity contribution is 7.13. The molecule has 4 rings (SSSR count). The molecule has 0 saturated heterocycles. The van der Waals surface area contributed by atoms with E-state index in [4.69, 9.17) is 0 Å². The molecule has 0 spiro atoms. The van der Waals surface area contributed by atoms with Gasteiger partial charge in [0.25, 0.3) is 5.91 Å². The molecule has 0 bridgehead atoms. The van der Waals surface area contributed by atoms with Crippen LogP contribution in [-0.4, -0.2) is 23.3 Å². The van der Waals surface area contributed by atoms with E-state index < -0.39 is 0 Å². The van der Waals surface area contributed by atoms with Gasteiger partial charge in [-0.2, -0.15) is 0 Å². The molecule has 0 atom stereocenters. The van der Waals surface area contributed by atoms with Crippen molar-refractivity contribution in [2.45, 2.75) is 12.8 Å². The Bertz CT molecular complexity index is 1190. The highest BCUT2D eigenvalue weighted by Gasteiger charge is 2.14. The van der Waals surface area contributed by atoms with Crippen LogP contribution in [0.3, 0.4) is 0 Å². The van der Waals surface area contributed by atoms with Crippen molar-refractivity contribution in [1.82, 2.24) is 10.3 Å². The zero-order valence-corrected chi connectivity index (χ0v) is 18.3. The van der Waals surface area contributed by atoms with Crippen molar-refractivity contribution in [3.05, 3.63) is 107 Å². The summed E-state index contributed by atoms with van der Waals surface area (Å²) >= 11 is 1.51. The summed E-state index contributed by atoms with van der Waals surface area (Å²) < 4.78 is 0. The number of thiazole rings is 1. The summed E-state index contributed by atoms with van der Waals surface area (Å²) in [6.45, 7) is 0.520. The molecule has 1 heterocycles. The molecule has 3 aromatic carbocycles. The van der Waals surface area contributed by atoms with Crippen LogP contribution in [0.1, 0.15) is 21.6 Å². The van der Waals surface area contributed by atoms with Gasteiger partial charge in [0, 0.05) is 17.5 Å². The molecule has 0 unspecified atom stereocenters. The Hall–Kier alpha value is -3.77. The summed E-state index contributed by atoms with van der Waals surface area (Å²) in [5.74, 6) is -0.420. The molecule has 32 heavy (non-hydrogen) atoms. The first kappa shape index (κ1) is 21.5. The number of carbonyl (C=O) groups excluding carboxylic acids is 2. The Morgan fingerprint density at radius 2 is 1.53 bits per heavy atom. The van der Waals surface area contributed by atoms with E-state index >= 15 is 0 Å². The van der Waals surface area contributed by atoms with Crippen molar-refractivity contribution < 1.29 is 9.59 Å². The largest absolute Gasteiger partial charge is 0.352 e. The van der Waals surface area contributed by atoms with Gasteiger partial charge in [-0.3, -0.25) is 9.59 Å². The van der Waals surface area contributed by atoms with E-state index in [0.717, 1.165) is 22.6 Å². The van der Waals surface area contributed by atoms with Crippen LogP contribution in [0.25, 0.3) is 10.6 Å². The number of para-hydroxylation sites is 1. The molecule has 2 amide bonds. The van der Waals surface area contributed by atoms with Gasteiger partial charge in [-0.05, 0) is 24.1 Å². The van der Waals surface area contributed by atoms with E-state index in [1.165, 1.54) is 11.3 Å². The van der Waals surface area contributed by atoms with Gasteiger partial charge in [0.1, 0.15) is 5.01 Å². The minimum absolute atomic E-state index is 0.146. The maximum Gasteiger partial charge on any atom is 0.253 e. The number of nitrogens with zero attached hydrogens (tertiary/aromatic N) is 1. The summed E-state index contributed by atoms with van der Waals surface area (Å²) in [5.41, 5.74) is 3.83. The van der Waals surface area contributed by atoms with Crippen molar-refractivity contribution in [2.75, 3.05) is 11.9 Å². The van der Waals surface area contributed by atoms with E-state index in [1.54, 1.807) is 24.3 Å². The maximum atomic E-state index is 12.7. The molecule has 0 radical (unpaired) electrons. The molecule has 0 aliphatic carbocycles. The fourth-order valence-corrected chi connectivity index (χ4v) is 4.14. The number of hydrogen-bond donors (Lipinski definition) is 2. The molecule has 0 aliphatic rings. The second-order valence-corrected chi connectivity index (χ2v) is 8.13. The zero-order chi connectivity index (χ0) is 22.2. The molecule has 5 nitrogen and oxygen atoms in total. The molecular weight excluding hydrogens is 418 g/mol. The lowest BCUT2D eigenvalue weighted by Crippen LogP contribution is -2.27. The number of amides is 2. The number of carbonyl (C=O) groups is 2. The summed E-state index contributed by atoms with van der Waals surface area (Å²) in [5, 5.41) is 8.57. The normalized spacial score (nSPS) is 10.5.